The first kappa shape index (κ1) is 40.2. The molecule has 0 saturated heterocycles. The summed E-state index contributed by atoms with van der Waals surface area (Å²) in [6.45, 7) is 8.05. The molecule has 1 aliphatic heterocycles. The summed E-state index contributed by atoms with van der Waals surface area (Å²) in [5.74, 6) is -2.68. The van der Waals surface area contributed by atoms with Crippen LogP contribution < -0.4 is 16.4 Å². The molecule has 2 aromatic carbocycles. The highest BCUT2D eigenvalue weighted by molar-refractivity contribution is 7.93. The molecule has 1 aliphatic carbocycles. The SMILES string of the molecule is CC(C)CNC(=O)C[C@H](O)[C@H](CC1CCCCC1)NC(=O)[C@H](CC(C)C)N(C(=O)C(N)Cc1ccccc1)C(=O)[C@@H]1Cc2ccccc2S1(=O)=O. The number of fused-ring (bicyclic) bond motifs is 1. The number of aliphatic hydroxyl groups is 1. The highest BCUT2D eigenvalue weighted by atomic mass is 32.2. The molecule has 0 radical (unpaired) electrons. The summed E-state index contributed by atoms with van der Waals surface area (Å²) in [7, 11) is -4.18. The smallest absolute Gasteiger partial charge is 0.249 e. The normalized spacial score (nSPS) is 19.5. The number of carbonyl (C=O) groups excluding carboxylic acids is 4. The van der Waals surface area contributed by atoms with E-state index in [1.807, 2.05) is 33.8 Å². The third kappa shape index (κ3) is 10.7. The van der Waals surface area contributed by atoms with Gasteiger partial charge < -0.3 is 21.5 Å². The number of rotatable bonds is 16. The number of nitrogens with one attached hydrogen (secondary N) is 2. The van der Waals surface area contributed by atoms with E-state index in [-0.39, 0.29) is 54.2 Å². The summed E-state index contributed by atoms with van der Waals surface area (Å²) in [5.41, 5.74) is 7.68. The van der Waals surface area contributed by atoms with Gasteiger partial charge in [-0.05, 0) is 60.6 Å². The summed E-state index contributed by atoms with van der Waals surface area (Å²) in [5, 5.41) is 15.6. The molecule has 1 heterocycles. The van der Waals surface area contributed by atoms with Crippen LogP contribution >= 0.6 is 0 Å². The highest BCUT2D eigenvalue weighted by Gasteiger charge is 2.48. The third-order valence-corrected chi connectivity index (χ3v) is 12.1. The van der Waals surface area contributed by atoms with Crippen LogP contribution in [0.25, 0.3) is 0 Å². The number of nitrogens with zero attached hydrogens (tertiary/aromatic N) is 1. The number of hydrogen-bond donors (Lipinski definition) is 4. The summed E-state index contributed by atoms with van der Waals surface area (Å²) in [6.07, 6.45) is 3.92. The Labute approximate surface area is 303 Å². The second-order valence-electron chi connectivity index (χ2n) is 15.2. The maximum Gasteiger partial charge on any atom is 0.249 e. The number of benzene rings is 2. The summed E-state index contributed by atoms with van der Waals surface area (Å²) in [6, 6.07) is 11.9. The van der Waals surface area contributed by atoms with E-state index in [9.17, 15) is 32.7 Å². The zero-order chi connectivity index (χ0) is 37.3. The van der Waals surface area contributed by atoms with Gasteiger partial charge in [0.05, 0.1) is 29.5 Å². The van der Waals surface area contributed by atoms with Gasteiger partial charge >= 0.3 is 0 Å². The predicted molar refractivity (Wildman–Crippen MR) is 196 cm³/mol. The Morgan fingerprint density at radius 2 is 1.57 bits per heavy atom. The number of aliphatic hydroxyl groups excluding tert-OH is 1. The summed E-state index contributed by atoms with van der Waals surface area (Å²) >= 11 is 0. The average Bonchev–Trinajstić information content (AvgIpc) is 3.37. The van der Waals surface area contributed by atoms with E-state index in [2.05, 4.69) is 10.6 Å². The minimum Gasteiger partial charge on any atom is -0.390 e. The van der Waals surface area contributed by atoms with Crippen LogP contribution in [0, 0.1) is 17.8 Å². The van der Waals surface area contributed by atoms with Crippen molar-refractivity contribution in [2.45, 2.75) is 126 Å². The van der Waals surface area contributed by atoms with Crippen molar-refractivity contribution in [3.05, 3.63) is 65.7 Å². The van der Waals surface area contributed by atoms with Crippen LogP contribution in [0.2, 0.25) is 0 Å². The van der Waals surface area contributed by atoms with E-state index in [0.29, 0.717) is 18.5 Å². The van der Waals surface area contributed by atoms with Gasteiger partial charge in [0.25, 0.3) is 0 Å². The van der Waals surface area contributed by atoms with E-state index in [4.69, 9.17) is 5.73 Å². The molecular formula is C39H56N4O7S. The van der Waals surface area contributed by atoms with Crippen LogP contribution in [0.4, 0.5) is 0 Å². The van der Waals surface area contributed by atoms with Crippen molar-refractivity contribution in [2.24, 2.45) is 23.5 Å². The lowest BCUT2D eigenvalue weighted by molar-refractivity contribution is -0.153. The number of amides is 4. The fourth-order valence-corrected chi connectivity index (χ4v) is 9.08. The topological polar surface area (TPSA) is 176 Å². The first-order chi connectivity index (χ1) is 24.2. The first-order valence-electron chi connectivity index (χ1n) is 18.4. The van der Waals surface area contributed by atoms with E-state index < -0.39 is 57.0 Å². The maximum atomic E-state index is 14.6. The van der Waals surface area contributed by atoms with Crippen LogP contribution in [0.5, 0.6) is 0 Å². The fraction of sp³-hybridized carbons (Fsp3) is 0.590. The monoisotopic (exact) mass is 724 g/mol. The van der Waals surface area contributed by atoms with Crippen LogP contribution in [0.1, 0.15) is 90.2 Å². The minimum atomic E-state index is -4.18. The van der Waals surface area contributed by atoms with Gasteiger partial charge in [0.2, 0.25) is 23.6 Å². The molecule has 1 saturated carbocycles. The van der Waals surface area contributed by atoms with E-state index in [0.717, 1.165) is 42.6 Å². The lowest BCUT2D eigenvalue weighted by atomic mass is 9.83. The van der Waals surface area contributed by atoms with Crippen molar-refractivity contribution in [2.75, 3.05) is 6.54 Å². The van der Waals surface area contributed by atoms with Gasteiger partial charge in [-0.1, -0.05) is 108 Å². The Morgan fingerprint density at radius 1 is 0.922 bits per heavy atom. The molecule has 1 unspecified atom stereocenters. The van der Waals surface area contributed by atoms with Gasteiger partial charge in [-0.3, -0.25) is 24.1 Å². The molecule has 11 nitrogen and oxygen atoms in total. The molecule has 2 aliphatic rings. The molecule has 0 bridgehead atoms. The number of sulfone groups is 1. The second-order valence-corrected chi connectivity index (χ2v) is 17.3. The van der Waals surface area contributed by atoms with Crippen molar-refractivity contribution in [3.63, 3.8) is 0 Å². The molecule has 4 rings (SSSR count). The van der Waals surface area contributed by atoms with Gasteiger partial charge in [-0.15, -0.1) is 0 Å². The molecule has 12 heteroatoms. The highest BCUT2D eigenvalue weighted by Crippen LogP contribution is 2.33. The Hall–Kier alpha value is -3.61. The zero-order valence-corrected chi connectivity index (χ0v) is 31.2. The van der Waals surface area contributed by atoms with Crippen LogP contribution in [-0.2, 0) is 41.9 Å². The summed E-state index contributed by atoms with van der Waals surface area (Å²) < 4.78 is 27.5. The maximum absolute atomic E-state index is 14.6. The summed E-state index contributed by atoms with van der Waals surface area (Å²) in [4.78, 5) is 57.0. The van der Waals surface area contributed by atoms with Gasteiger partial charge in [0, 0.05) is 6.54 Å². The van der Waals surface area contributed by atoms with Crippen molar-refractivity contribution >= 4 is 33.5 Å². The Morgan fingerprint density at radius 3 is 2.20 bits per heavy atom. The lowest BCUT2D eigenvalue weighted by Crippen LogP contribution is -2.61. The van der Waals surface area contributed by atoms with Crippen molar-refractivity contribution < 1.29 is 32.7 Å². The molecule has 5 N–H and O–H groups in total. The fourth-order valence-electron chi connectivity index (χ4n) is 7.21. The molecular weight excluding hydrogens is 669 g/mol. The lowest BCUT2D eigenvalue weighted by Gasteiger charge is -2.36. The van der Waals surface area contributed by atoms with Gasteiger partial charge in [0.1, 0.15) is 11.3 Å². The van der Waals surface area contributed by atoms with Crippen molar-refractivity contribution in [1.29, 1.82) is 0 Å². The largest absolute Gasteiger partial charge is 0.390 e. The molecule has 51 heavy (non-hydrogen) atoms. The molecule has 5 atom stereocenters. The molecule has 0 spiro atoms. The Bertz CT molecular complexity index is 1610. The Kier molecular flexibility index (Phi) is 14.4. The molecule has 280 valence electrons. The van der Waals surface area contributed by atoms with Crippen LogP contribution in [0.3, 0.4) is 0 Å². The average molecular weight is 725 g/mol. The molecule has 2 aromatic rings. The van der Waals surface area contributed by atoms with E-state index >= 15 is 0 Å². The number of imide groups is 1. The van der Waals surface area contributed by atoms with Crippen LogP contribution in [-0.4, -0.2) is 78.1 Å². The van der Waals surface area contributed by atoms with Crippen molar-refractivity contribution in [3.8, 4) is 0 Å². The Balaban J connectivity index is 1.69. The number of hydrogen-bond acceptors (Lipinski definition) is 8. The molecule has 4 amide bonds. The predicted octanol–water partition coefficient (Wildman–Crippen LogP) is 3.70. The van der Waals surface area contributed by atoms with E-state index in [1.165, 1.54) is 6.07 Å². The van der Waals surface area contributed by atoms with Gasteiger partial charge in [-0.25, -0.2) is 8.42 Å². The van der Waals surface area contributed by atoms with Gasteiger partial charge in [-0.2, -0.15) is 0 Å². The zero-order valence-electron chi connectivity index (χ0n) is 30.4. The van der Waals surface area contributed by atoms with E-state index in [1.54, 1.807) is 42.5 Å². The van der Waals surface area contributed by atoms with Crippen molar-refractivity contribution in [1.82, 2.24) is 15.5 Å². The van der Waals surface area contributed by atoms with Crippen LogP contribution in [0.15, 0.2) is 59.5 Å². The standard InChI is InChI=1S/C39H56N4O7S/c1-25(2)19-32(37(46)42-31(21-28-15-9-6-10-16-28)33(44)23-36(45)41-24-26(3)4)43(38(47)30(40)20-27-13-7-5-8-14-27)39(48)35-22-29-17-11-12-18-34(29)51(35,49)50/h5,7-8,11-14,17-18,25-26,28,30-33,35,44H,6,9-10,15-16,19-24,40H2,1-4H3,(H,41,45)(H,42,46)/t30?,31-,32-,33-,35-/m0/s1. The third-order valence-electron chi connectivity index (χ3n) is 9.94. The number of carbonyl (C=O) groups is 4. The first-order valence-corrected chi connectivity index (χ1v) is 20.0. The van der Waals surface area contributed by atoms with Gasteiger partial charge in [0.15, 0.2) is 9.84 Å². The second kappa shape index (κ2) is 18.2. The quantitative estimate of drug-likeness (QED) is 0.203. The number of nitrogens with two attached hydrogens (primary N) is 1. The molecule has 1 fully saturated rings. The molecule has 0 aromatic heterocycles. The minimum absolute atomic E-state index is 0.0283.